The molecule has 0 bridgehead atoms. The normalized spacial score (nSPS) is 17.1. The second kappa shape index (κ2) is 4.91. The smallest absolute Gasteiger partial charge is 0.122 e. The molecule has 1 N–H and O–H groups in total. The lowest BCUT2D eigenvalue weighted by Crippen LogP contribution is -2.14. The fraction of sp³-hybridized carbons (Fsp3) is 0.200. The van der Waals surface area contributed by atoms with Gasteiger partial charge >= 0.3 is 0 Å². The molecule has 0 radical (unpaired) electrons. The molecule has 0 spiro atoms. The van der Waals surface area contributed by atoms with Gasteiger partial charge in [0.2, 0.25) is 0 Å². The summed E-state index contributed by atoms with van der Waals surface area (Å²) in [6.45, 7) is 1.57. The summed E-state index contributed by atoms with van der Waals surface area (Å²) in [5, 5.41) is 4.14. The molecule has 1 aliphatic heterocycles. The average molecular weight is 260 g/mol. The molecule has 2 aromatic carbocycles. The van der Waals surface area contributed by atoms with Gasteiger partial charge in [-0.2, -0.15) is 0 Å². The molecule has 0 saturated carbocycles. The fourth-order valence-electron chi connectivity index (χ4n) is 2.24. The summed E-state index contributed by atoms with van der Waals surface area (Å²) >= 11 is 6.12. The third kappa shape index (κ3) is 2.16. The molecule has 18 heavy (non-hydrogen) atoms. The second-order valence-corrected chi connectivity index (χ2v) is 4.81. The Morgan fingerprint density at radius 3 is 2.78 bits per heavy atom. The van der Waals surface area contributed by atoms with Crippen molar-refractivity contribution in [2.45, 2.75) is 5.92 Å². The Morgan fingerprint density at radius 2 is 1.89 bits per heavy atom. The van der Waals surface area contributed by atoms with E-state index < -0.39 is 0 Å². The van der Waals surface area contributed by atoms with Crippen LogP contribution in [0.4, 0.5) is 5.69 Å². The predicted octanol–water partition coefficient (Wildman–Crippen LogP) is 3.93. The average Bonchev–Trinajstić information content (AvgIpc) is 2.81. The molecule has 2 nitrogen and oxygen atoms in total. The third-order valence-corrected chi connectivity index (χ3v) is 3.54. The Bertz CT molecular complexity index is 556. The van der Waals surface area contributed by atoms with Gasteiger partial charge < -0.3 is 10.1 Å². The van der Waals surface area contributed by atoms with E-state index in [1.807, 2.05) is 36.4 Å². The summed E-state index contributed by atoms with van der Waals surface area (Å²) in [7, 11) is 0. The highest BCUT2D eigenvalue weighted by atomic mass is 35.5. The second-order valence-electron chi connectivity index (χ2n) is 4.41. The van der Waals surface area contributed by atoms with Crippen LogP contribution in [0.2, 0.25) is 5.02 Å². The first-order valence-electron chi connectivity index (χ1n) is 6.05. The number of para-hydroxylation sites is 2. The van der Waals surface area contributed by atoms with E-state index in [1.165, 1.54) is 5.56 Å². The Morgan fingerprint density at radius 1 is 1.11 bits per heavy atom. The Labute approximate surface area is 112 Å². The van der Waals surface area contributed by atoms with E-state index in [2.05, 4.69) is 17.4 Å². The number of hydrogen-bond donors (Lipinski definition) is 1. The van der Waals surface area contributed by atoms with E-state index in [0.29, 0.717) is 5.92 Å². The van der Waals surface area contributed by atoms with Crippen LogP contribution in [-0.4, -0.2) is 13.2 Å². The first-order chi connectivity index (χ1) is 8.84. The van der Waals surface area contributed by atoms with Crippen molar-refractivity contribution < 1.29 is 4.74 Å². The van der Waals surface area contributed by atoms with Crippen molar-refractivity contribution in [3.8, 4) is 5.75 Å². The molecule has 3 rings (SSSR count). The summed E-state index contributed by atoms with van der Waals surface area (Å²) < 4.78 is 5.66. The van der Waals surface area contributed by atoms with Gasteiger partial charge in [0.15, 0.2) is 0 Å². The van der Waals surface area contributed by atoms with Crippen molar-refractivity contribution in [2.75, 3.05) is 18.5 Å². The molecule has 1 heterocycles. The highest BCUT2D eigenvalue weighted by molar-refractivity contribution is 6.33. The zero-order valence-electron chi connectivity index (χ0n) is 9.90. The van der Waals surface area contributed by atoms with Gasteiger partial charge in [-0.3, -0.25) is 0 Å². The number of nitrogens with one attached hydrogen (secondary N) is 1. The van der Waals surface area contributed by atoms with Crippen molar-refractivity contribution in [1.29, 1.82) is 0 Å². The van der Waals surface area contributed by atoms with Crippen molar-refractivity contribution in [2.24, 2.45) is 0 Å². The van der Waals surface area contributed by atoms with E-state index in [9.17, 15) is 0 Å². The van der Waals surface area contributed by atoms with Crippen molar-refractivity contribution in [3.05, 3.63) is 59.1 Å². The molecule has 92 valence electrons. The van der Waals surface area contributed by atoms with Crippen molar-refractivity contribution >= 4 is 17.3 Å². The van der Waals surface area contributed by atoms with Crippen LogP contribution in [0.3, 0.4) is 0 Å². The largest absolute Gasteiger partial charge is 0.493 e. The number of benzene rings is 2. The Balaban J connectivity index is 1.71. The van der Waals surface area contributed by atoms with Gasteiger partial charge in [0.05, 0.1) is 17.3 Å². The maximum Gasteiger partial charge on any atom is 0.122 e. The summed E-state index contributed by atoms with van der Waals surface area (Å²) in [6, 6.07) is 16.0. The van der Waals surface area contributed by atoms with E-state index >= 15 is 0 Å². The molecule has 0 aliphatic carbocycles. The Hall–Kier alpha value is -1.67. The minimum atomic E-state index is 0.387. The number of anilines is 1. The summed E-state index contributed by atoms with van der Waals surface area (Å²) in [5.74, 6) is 1.39. The summed E-state index contributed by atoms with van der Waals surface area (Å²) in [5.41, 5.74) is 2.25. The SMILES string of the molecule is Clc1ccccc1NCC1COc2ccccc21. The van der Waals surface area contributed by atoms with Gasteiger partial charge in [0, 0.05) is 18.0 Å². The molecule has 0 fully saturated rings. The standard InChI is InChI=1S/C15H14ClNO/c16-13-6-2-3-7-14(13)17-9-11-10-18-15-8-4-1-5-12(11)15/h1-8,11,17H,9-10H2. The molecule has 0 saturated heterocycles. The quantitative estimate of drug-likeness (QED) is 0.902. The van der Waals surface area contributed by atoms with E-state index in [0.717, 1.165) is 29.6 Å². The van der Waals surface area contributed by atoms with Crippen molar-refractivity contribution in [3.63, 3.8) is 0 Å². The van der Waals surface area contributed by atoms with Crippen LogP contribution < -0.4 is 10.1 Å². The van der Waals surface area contributed by atoms with Gasteiger partial charge in [-0.25, -0.2) is 0 Å². The monoisotopic (exact) mass is 259 g/mol. The first kappa shape index (κ1) is 11.4. The Kier molecular flexibility index (Phi) is 3.11. The van der Waals surface area contributed by atoms with Crippen molar-refractivity contribution in [1.82, 2.24) is 0 Å². The lowest BCUT2D eigenvalue weighted by atomic mass is 10.0. The lowest BCUT2D eigenvalue weighted by Gasteiger charge is -2.12. The number of ether oxygens (including phenoxy) is 1. The van der Waals surface area contributed by atoms with Gasteiger partial charge in [0.25, 0.3) is 0 Å². The molecular formula is C15H14ClNO. The van der Waals surface area contributed by atoms with Crippen LogP contribution in [0, 0.1) is 0 Å². The fourth-order valence-corrected chi connectivity index (χ4v) is 2.44. The van der Waals surface area contributed by atoms with Crippen LogP contribution in [0.25, 0.3) is 0 Å². The van der Waals surface area contributed by atoms with E-state index in [1.54, 1.807) is 0 Å². The molecule has 3 heteroatoms. The number of halogens is 1. The molecule has 1 unspecified atom stereocenters. The van der Waals surface area contributed by atoms with Crippen LogP contribution in [0.15, 0.2) is 48.5 Å². The van der Waals surface area contributed by atoms with Crippen LogP contribution in [0.5, 0.6) is 5.75 Å². The third-order valence-electron chi connectivity index (χ3n) is 3.21. The van der Waals surface area contributed by atoms with E-state index in [-0.39, 0.29) is 0 Å². The van der Waals surface area contributed by atoms with Gasteiger partial charge in [-0.15, -0.1) is 0 Å². The topological polar surface area (TPSA) is 21.3 Å². The lowest BCUT2D eigenvalue weighted by molar-refractivity contribution is 0.334. The molecule has 1 atom stereocenters. The van der Waals surface area contributed by atoms with E-state index in [4.69, 9.17) is 16.3 Å². The van der Waals surface area contributed by atoms with Crippen LogP contribution in [0.1, 0.15) is 11.5 Å². The predicted molar refractivity (Wildman–Crippen MR) is 74.6 cm³/mol. The summed E-state index contributed by atoms with van der Waals surface area (Å²) in [6.07, 6.45) is 0. The highest BCUT2D eigenvalue weighted by Crippen LogP contribution is 2.33. The maximum absolute atomic E-state index is 6.12. The molecule has 0 amide bonds. The van der Waals surface area contributed by atoms with Crippen LogP contribution >= 0.6 is 11.6 Å². The van der Waals surface area contributed by atoms with Gasteiger partial charge in [-0.05, 0) is 18.2 Å². The van der Waals surface area contributed by atoms with Gasteiger partial charge in [0.1, 0.15) is 5.75 Å². The maximum atomic E-state index is 6.12. The number of rotatable bonds is 3. The molecule has 2 aromatic rings. The molecule has 1 aliphatic rings. The zero-order chi connectivity index (χ0) is 12.4. The molecule has 0 aromatic heterocycles. The number of hydrogen-bond acceptors (Lipinski definition) is 2. The highest BCUT2D eigenvalue weighted by Gasteiger charge is 2.23. The number of fused-ring (bicyclic) bond motifs is 1. The minimum Gasteiger partial charge on any atom is -0.493 e. The van der Waals surface area contributed by atoms with Gasteiger partial charge in [-0.1, -0.05) is 41.9 Å². The molecular weight excluding hydrogens is 246 g/mol. The summed E-state index contributed by atoms with van der Waals surface area (Å²) in [4.78, 5) is 0. The minimum absolute atomic E-state index is 0.387. The first-order valence-corrected chi connectivity index (χ1v) is 6.42. The van der Waals surface area contributed by atoms with Crippen LogP contribution in [-0.2, 0) is 0 Å². The zero-order valence-corrected chi connectivity index (χ0v) is 10.7.